The van der Waals surface area contributed by atoms with Gasteiger partial charge in [-0.05, 0) is 12.0 Å². The van der Waals surface area contributed by atoms with Crippen LogP contribution in [0.2, 0.25) is 0 Å². The van der Waals surface area contributed by atoms with Gasteiger partial charge in [0.2, 0.25) is 0 Å². The highest BCUT2D eigenvalue weighted by Crippen LogP contribution is 2.01. The standard InChI is InChI=1S/C12H15NO3/c1-2-3-9-13-16-12(14)15-10-11-7-5-4-6-8-11/h4-9H,2-3,10H2,1H3. The molecule has 0 radical (unpaired) electrons. The summed E-state index contributed by atoms with van der Waals surface area (Å²) in [5.74, 6) is 0. The van der Waals surface area contributed by atoms with Crippen LogP contribution in [0.25, 0.3) is 0 Å². The second-order valence-corrected chi connectivity index (χ2v) is 3.19. The fraction of sp³-hybridized carbons (Fsp3) is 0.333. The first-order valence-corrected chi connectivity index (χ1v) is 5.22. The van der Waals surface area contributed by atoms with Gasteiger partial charge in [-0.2, -0.15) is 0 Å². The molecule has 1 aromatic carbocycles. The van der Waals surface area contributed by atoms with Gasteiger partial charge < -0.3 is 4.74 Å². The Hall–Kier alpha value is -1.84. The summed E-state index contributed by atoms with van der Waals surface area (Å²) in [4.78, 5) is 15.5. The van der Waals surface area contributed by atoms with Crippen LogP contribution in [0.3, 0.4) is 0 Å². The Balaban J connectivity index is 2.20. The molecule has 16 heavy (non-hydrogen) atoms. The topological polar surface area (TPSA) is 47.9 Å². The van der Waals surface area contributed by atoms with Crippen LogP contribution < -0.4 is 0 Å². The number of carbonyl (C=O) groups is 1. The third-order valence-electron chi connectivity index (χ3n) is 1.82. The third-order valence-corrected chi connectivity index (χ3v) is 1.82. The molecule has 0 spiro atoms. The molecule has 86 valence electrons. The lowest BCUT2D eigenvalue weighted by molar-refractivity contribution is 0.0522. The van der Waals surface area contributed by atoms with E-state index in [9.17, 15) is 4.79 Å². The number of rotatable bonds is 5. The van der Waals surface area contributed by atoms with E-state index in [1.807, 2.05) is 37.3 Å². The van der Waals surface area contributed by atoms with Crippen molar-refractivity contribution in [3.05, 3.63) is 35.9 Å². The number of hydrogen-bond donors (Lipinski definition) is 0. The van der Waals surface area contributed by atoms with Crippen LogP contribution in [0.1, 0.15) is 25.3 Å². The normalized spacial score (nSPS) is 10.3. The Labute approximate surface area is 94.9 Å². The van der Waals surface area contributed by atoms with E-state index in [-0.39, 0.29) is 6.61 Å². The molecule has 0 atom stereocenters. The molecular weight excluding hydrogens is 206 g/mol. The molecule has 0 fully saturated rings. The summed E-state index contributed by atoms with van der Waals surface area (Å²) in [6, 6.07) is 9.39. The van der Waals surface area contributed by atoms with Crippen LogP contribution in [0.5, 0.6) is 0 Å². The fourth-order valence-corrected chi connectivity index (χ4v) is 1.00. The summed E-state index contributed by atoms with van der Waals surface area (Å²) in [6.45, 7) is 2.21. The number of benzene rings is 1. The molecule has 0 amide bonds. The van der Waals surface area contributed by atoms with E-state index in [2.05, 4.69) is 9.99 Å². The van der Waals surface area contributed by atoms with Crippen molar-refractivity contribution in [1.29, 1.82) is 0 Å². The second kappa shape index (κ2) is 7.45. The largest absolute Gasteiger partial charge is 0.535 e. The van der Waals surface area contributed by atoms with Crippen molar-refractivity contribution >= 4 is 12.4 Å². The molecule has 0 aliphatic carbocycles. The van der Waals surface area contributed by atoms with Crippen molar-refractivity contribution in [3.8, 4) is 0 Å². The fourth-order valence-electron chi connectivity index (χ4n) is 1.00. The third kappa shape index (κ3) is 5.14. The summed E-state index contributed by atoms with van der Waals surface area (Å²) >= 11 is 0. The lowest BCUT2D eigenvalue weighted by atomic mass is 10.2. The van der Waals surface area contributed by atoms with Gasteiger partial charge in [-0.3, -0.25) is 4.84 Å². The highest BCUT2D eigenvalue weighted by atomic mass is 16.8. The summed E-state index contributed by atoms with van der Waals surface area (Å²) in [6.07, 6.45) is 2.51. The van der Waals surface area contributed by atoms with E-state index in [1.54, 1.807) is 6.21 Å². The molecule has 1 rings (SSSR count). The molecule has 0 unspecified atom stereocenters. The molecule has 0 N–H and O–H groups in total. The SMILES string of the molecule is CCCC=NOC(=O)OCc1ccccc1. The lowest BCUT2D eigenvalue weighted by Gasteiger charge is -2.01. The van der Waals surface area contributed by atoms with Gasteiger partial charge in [-0.25, -0.2) is 4.79 Å². The van der Waals surface area contributed by atoms with Crippen molar-refractivity contribution in [2.45, 2.75) is 26.4 Å². The molecule has 0 saturated carbocycles. The minimum Gasteiger partial charge on any atom is -0.428 e. The minimum absolute atomic E-state index is 0.197. The Morgan fingerprint density at radius 2 is 2.12 bits per heavy atom. The summed E-state index contributed by atoms with van der Waals surface area (Å²) in [5.41, 5.74) is 0.914. The van der Waals surface area contributed by atoms with E-state index in [0.29, 0.717) is 0 Å². The smallest absolute Gasteiger partial charge is 0.428 e. The van der Waals surface area contributed by atoms with Gasteiger partial charge in [-0.15, -0.1) is 0 Å². The van der Waals surface area contributed by atoms with Gasteiger partial charge >= 0.3 is 6.16 Å². The zero-order valence-electron chi connectivity index (χ0n) is 9.26. The van der Waals surface area contributed by atoms with Gasteiger partial charge in [0, 0.05) is 6.21 Å². The van der Waals surface area contributed by atoms with E-state index in [1.165, 1.54) is 0 Å². The van der Waals surface area contributed by atoms with Crippen molar-refractivity contribution in [2.75, 3.05) is 0 Å². The lowest BCUT2D eigenvalue weighted by Crippen LogP contribution is -2.03. The van der Waals surface area contributed by atoms with Gasteiger partial charge in [-0.1, -0.05) is 48.8 Å². The molecular formula is C12H15NO3. The second-order valence-electron chi connectivity index (χ2n) is 3.19. The Morgan fingerprint density at radius 3 is 2.81 bits per heavy atom. The van der Waals surface area contributed by atoms with E-state index in [4.69, 9.17) is 4.74 Å². The van der Waals surface area contributed by atoms with Crippen LogP contribution in [-0.4, -0.2) is 12.4 Å². The average Bonchev–Trinajstić information content (AvgIpc) is 2.33. The number of ether oxygens (including phenoxy) is 1. The van der Waals surface area contributed by atoms with Crippen LogP contribution in [-0.2, 0) is 16.2 Å². The number of carbonyl (C=O) groups excluding carboxylic acids is 1. The average molecular weight is 221 g/mol. The van der Waals surface area contributed by atoms with Crippen LogP contribution >= 0.6 is 0 Å². The molecule has 0 saturated heterocycles. The number of oxime groups is 1. The predicted octanol–water partition coefficient (Wildman–Crippen LogP) is 3.13. The Kier molecular flexibility index (Phi) is 5.70. The Morgan fingerprint density at radius 1 is 1.38 bits per heavy atom. The quantitative estimate of drug-likeness (QED) is 0.332. The number of hydrogen-bond acceptors (Lipinski definition) is 4. The molecule has 0 aromatic heterocycles. The highest BCUT2D eigenvalue weighted by molar-refractivity contribution is 5.62. The molecule has 0 bridgehead atoms. The maximum absolute atomic E-state index is 11.0. The summed E-state index contributed by atoms with van der Waals surface area (Å²) in [7, 11) is 0. The molecule has 0 aliphatic heterocycles. The number of nitrogens with zero attached hydrogens (tertiary/aromatic N) is 1. The predicted molar refractivity (Wildman–Crippen MR) is 61.1 cm³/mol. The van der Waals surface area contributed by atoms with Gasteiger partial charge in [0.25, 0.3) is 0 Å². The first kappa shape index (κ1) is 12.2. The zero-order chi connectivity index (χ0) is 11.6. The molecule has 4 heteroatoms. The van der Waals surface area contributed by atoms with Crippen molar-refractivity contribution in [3.63, 3.8) is 0 Å². The van der Waals surface area contributed by atoms with Crippen LogP contribution in [0, 0.1) is 0 Å². The van der Waals surface area contributed by atoms with Gasteiger partial charge in [0.05, 0.1) is 0 Å². The van der Waals surface area contributed by atoms with Crippen LogP contribution in [0.4, 0.5) is 4.79 Å². The molecule has 1 aromatic rings. The molecule has 0 heterocycles. The van der Waals surface area contributed by atoms with Crippen LogP contribution in [0.15, 0.2) is 35.5 Å². The Bertz CT molecular complexity index is 335. The maximum Gasteiger partial charge on any atom is 0.535 e. The van der Waals surface area contributed by atoms with Crippen molar-refractivity contribution < 1.29 is 14.4 Å². The van der Waals surface area contributed by atoms with Crippen molar-refractivity contribution in [1.82, 2.24) is 0 Å². The zero-order valence-corrected chi connectivity index (χ0v) is 9.26. The van der Waals surface area contributed by atoms with Crippen molar-refractivity contribution in [2.24, 2.45) is 5.16 Å². The minimum atomic E-state index is -0.781. The monoisotopic (exact) mass is 221 g/mol. The number of unbranched alkanes of at least 4 members (excludes halogenated alkanes) is 1. The molecule has 4 nitrogen and oxygen atoms in total. The van der Waals surface area contributed by atoms with E-state index >= 15 is 0 Å². The first-order chi connectivity index (χ1) is 7.83. The van der Waals surface area contributed by atoms with E-state index in [0.717, 1.165) is 18.4 Å². The first-order valence-electron chi connectivity index (χ1n) is 5.22. The maximum atomic E-state index is 11.0. The van der Waals surface area contributed by atoms with Gasteiger partial charge in [0.15, 0.2) is 0 Å². The summed E-state index contributed by atoms with van der Waals surface area (Å²) in [5, 5.41) is 3.47. The van der Waals surface area contributed by atoms with E-state index < -0.39 is 6.16 Å². The van der Waals surface area contributed by atoms with Gasteiger partial charge in [0.1, 0.15) is 6.61 Å². The molecule has 0 aliphatic rings. The summed E-state index contributed by atoms with van der Waals surface area (Å²) < 4.78 is 4.83. The highest BCUT2D eigenvalue weighted by Gasteiger charge is 2.02.